The minimum absolute atomic E-state index is 0.0645. The molecule has 4 rings (SSSR count). The number of rotatable bonds is 8. The summed E-state index contributed by atoms with van der Waals surface area (Å²) in [5.41, 5.74) is 6.64. The minimum atomic E-state index is -1.51. The molecule has 0 bridgehead atoms. The van der Waals surface area contributed by atoms with Crippen molar-refractivity contribution in [2.75, 3.05) is 10.8 Å². The zero-order valence-corrected chi connectivity index (χ0v) is 26.6. The molecule has 0 amide bonds. The van der Waals surface area contributed by atoms with Crippen LogP contribution in [0.1, 0.15) is 33.3 Å². The Hall–Kier alpha value is -4.43. The molecule has 0 fully saturated rings. The maximum Gasteiger partial charge on any atom is 0.347 e. The number of hydrogen-bond donors (Lipinski definition) is 6. The number of benzene rings is 4. The number of hydrazone groups is 1. The average Bonchev–Trinajstić information content (AvgIpc) is 3.04. The molecule has 0 atom stereocenters. The Bertz CT molecular complexity index is 1630. The van der Waals surface area contributed by atoms with Crippen LogP contribution in [0.3, 0.4) is 0 Å². The van der Waals surface area contributed by atoms with Gasteiger partial charge in [-0.2, -0.15) is 0 Å². The van der Waals surface area contributed by atoms with Crippen molar-refractivity contribution >= 4 is 74.6 Å². The molecule has 0 heterocycles. The van der Waals surface area contributed by atoms with Gasteiger partial charge in [0.25, 0.3) is 0 Å². The van der Waals surface area contributed by atoms with Gasteiger partial charge in [0.15, 0.2) is 0 Å². The van der Waals surface area contributed by atoms with E-state index in [0.717, 1.165) is 55.8 Å². The van der Waals surface area contributed by atoms with Gasteiger partial charge >= 0.3 is 18.0 Å². The average molecular weight is 639 g/mol. The minimum Gasteiger partial charge on any atom is -0.481 e. The second kappa shape index (κ2) is 17.0. The lowest BCUT2D eigenvalue weighted by molar-refractivity contribution is -0.153. The fourth-order valence-electron chi connectivity index (χ4n) is 3.80. The molecule has 0 aliphatic rings. The van der Waals surface area contributed by atoms with Crippen LogP contribution in [0.4, 0.5) is 5.69 Å². The normalized spacial score (nSPS) is 11.8. The van der Waals surface area contributed by atoms with E-state index in [1.54, 1.807) is 6.07 Å². The predicted molar refractivity (Wildman–Crippen MR) is 183 cm³/mol. The molecule has 4 aromatic rings. The van der Waals surface area contributed by atoms with Crippen LogP contribution in [0.25, 0.3) is 27.2 Å². The van der Waals surface area contributed by atoms with Gasteiger partial charge in [-0.1, -0.05) is 92.7 Å². The highest BCUT2D eigenvalue weighted by molar-refractivity contribution is 8.21. The van der Waals surface area contributed by atoms with Crippen molar-refractivity contribution in [3.63, 3.8) is 0 Å². The van der Waals surface area contributed by atoms with Crippen LogP contribution in [-0.2, 0) is 14.3 Å². The van der Waals surface area contributed by atoms with Crippen molar-refractivity contribution < 1.29 is 24.5 Å². The number of carboxylic acid groups (broad SMARTS) is 2. The standard InChI is InChI=1S/C15H18N4O3.C14H14N2O2S2.C2H6/c1-15(2,13(20)21)22-14(18-16)19(17)12-9-5-7-10-6-3-4-8-11(10)12;15-13(14(20-16)19-8-12(17)18)11-7-3-5-9-4-1-2-6-10(9)11;1-2/h3-9H,16-17H2,1-2H3,(H,20,21);1-7H,8,15-16H2,(H,17,18);1-2H3/b18-14+;14-13-;. The Morgan fingerprint density at radius 3 is 1.95 bits per heavy atom. The first-order valence-corrected chi connectivity index (χ1v) is 15.3. The van der Waals surface area contributed by atoms with Gasteiger partial charge in [-0.25, -0.2) is 15.6 Å². The highest BCUT2D eigenvalue weighted by atomic mass is 32.2. The quantitative estimate of drug-likeness (QED) is 0.0465. The molecule has 10 N–H and O–H groups in total. The molecule has 0 saturated carbocycles. The first-order chi connectivity index (χ1) is 21.0. The number of nitrogens with two attached hydrogens (primary N) is 4. The molecule has 0 radical (unpaired) electrons. The number of anilines is 1. The molecule has 0 saturated heterocycles. The number of thioether (sulfide) groups is 1. The lowest BCUT2D eigenvalue weighted by Gasteiger charge is -2.27. The smallest absolute Gasteiger partial charge is 0.347 e. The molecule has 0 aliphatic heterocycles. The molecule has 11 nitrogen and oxygen atoms in total. The van der Waals surface area contributed by atoms with Crippen molar-refractivity contribution in [2.24, 2.45) is 27.7 Å². The van der Waals surface area contributed by atoms with Gasteiger partial charge in [0.05, 0.1) is 21.4 Å². The van der Waals surface area contributed by atoms with E-state index in [9.17, 15) is 9.59 Å². The van der Waals surface area contributed by atoms with Gasteiger partial charge in [0.1, 0.15) is 0 Å². The Balaban J connectivity index is 0.000000292. The summed E-state index contributed by atoms with van der Waals surface area (Å²) >= 11 is 2.11. The molecule has 0 aromatic heterocycles. The van der Waals surface area contributed by atoms with Crippen molar-refractivity contribution in [1.29, 1.82) is 0 Å². The van der Waals surface area contributed by atoms with E-state index in [0.29, 0.717) is 15.6 Å². The topological polar surface area (TPSA) is 204 Å². The number of carbonyl (C=O) groups is 2. The fraction of sp³-hybridized carbons (Fsp3) is 0.194. The van der Waals surface area contributed by atoms with Crippen LogP contribution in [0.15, 0.2) is 94.3 Å². The van der Waals surface area contributed by atoms with E-state index in [-0.39, 0.29) is 11.8 Å². The van der Waals surface area contributed by atoms with E-state index < -0.39 is 17.5 Å². The lowest BCUT2D eigenvalue weighted by Crippen LogP contribution is -2.47. The van der Waals surface area contributed by atoms with Gasteiger partial charge in [-0.15, -0.1) is 16.9 Å². The zero-order chi connectivity index (χ0) is 32.9. The highest BCUT2D eigenvalue weighted by Gasteiger charge is 2.32. The maximum atomic E-state index is 11.2. The lowest BCUT2D eigenvalue weighted by atomic mass is 10.0. The van der Waals surface area contributed by atoms with Crippen LogP contribution < -0.4 is 27.6 Å². The number of hydrogen-bond acceptors (Lipinski definition) is 10. The molecular weight excluding hydrogens is 601 g/mol. The molecular formula is C31H38N6O5S2. The molecule has 0 unspecified atom stereocenters. The van der Waals surface area contributed by atoms with Gasteiger partial charge in [0.2, 0.25) is 5.60 Å². The third-order valence-corrected chi connectivity index (χ3v) is 7.89. The number of nitrogens with zero attached hydrogens (tertiary/aromatic N) is 2. The third kappa shape index (κ3) is 9.28. The number of carboxylic acids is 2. The summed E-state index contributed by atoms with van der Waals surface area (Å²) in [6.07, 6.45) is 0. The number of fused-ring (bicyclic) bond motifs is 2. The Labute approximate surface area is 265 Å². The van der Waals surface area contributed by atoms with Crippen LogP contribution >= 0.6 is 23.7 Å². The van der Waals surface area contributed by atoms with Gasteiger partial charge in [-0.05, 0) is 48.0 Å². The van der Waals surface area contributed by atoms with Crippen molar-refractivity contribution in [1.82, 2.24) is 0 Å². The van der Waals surface area contributed by atoms with Crippen LogP contribution in [0, 0.1) is 0 Å². The second-order valence-electron chi connectivity index (χ2n) is 9.23. The van der Waals surface area contributed by atoms with Gasteiger partial charge in [0, 0.05) is 10.9 Å². The SMILES string of the molecule is CC.CC(C)(O/C(=N/N)N(N)c1cccc2ccccc12)C(=O)O.NS/C(SCC(=O)O)=C(\N)c1cccc2ccccc12. The Kier molecular flexibility index (Phi) is 13.8. The van der Waals surface area contributed by atoms with Gasteiger partial charge in [-0.3, -0.25) is 9.93 Å². The summed E-state index contributed by atoms with van der Waals surface area (Å²) in [7, 11) is 0. The van der Waals surface area contributed by atoms with E-state index in [4.69, 9.17) is 37.5 Å². The highest BCUT2D eigenvalue weighted by Crippen LogP contribution is 2.33. The number of aliphatic carboxylic acids is 2. The zero-order valence-electron chi connectivity index (χ0n) is 24.9. The summed E-state index contributed by atoms with van der Waals surface area (Å²) in [5, 5.41) is 32.0. The third-order valence-electron chi connectivity index (χ3n) is 5.94. The first-order valence-electron chi connectivity index (χ1n) is 13.4. The number of hydrazine groups is 1. The molecule has 44 heavy (non-hydrogen) atoms. The second-order valence-corrected chi connectivity index (χ2v) is 11.1. The largest absolute Gasteiger partial charge is 0.481 e. The Morgan fingerprint density at radius 2 is 1.41 bits per heavy atom. The summed E-state index contributed by atoms with van der Waals surface area (Å²) in [4.78, 5) is 21.8. The molecule has 4 aromatic carbocycles. The number of ether oxygens (including phenoxy) is 1. The van der Waals surface area contributed by atoms with E-state index in [2.05, 4.69) is 5.10 Å². The summed E-state index contributed by atoms with van der Waals surface area (Å²) in [5.74, 6) is 9.23. The molecule has 13 heteroatoms. The predicted octanol–water partition coefficient (Wildman–Crippen LogP) is 5.50. The first kappa shape index (κ1) is 35.8. The monoisotopic (exact) mass is 638 g/mol. The van der Waals surface area contributed by atoms with Crippen LogP contribution in [0.5, 0.6) is 0 Å². The van der Waals surface area contributed by atoms with Crippen LogP contribution in [0.2, 0.25) is 0 Å². The van der Waals surface area contributed by atoms with E-state index >= 15 is 0 Å². The Morgan fingerprint density at radius 1 is 0.886 bits per heavy atom. The fourth-order valence-corrected chi connectivity index (χ4v) is 5.01. The van der Waals surface area contributed by atoms with Crippen molar-refractivity contribution in [3.8, 4) is 0 Å². The molecule has 0 aliphatic carbocycles. The summed E-state index contributed by atoms with van der Waals surface area (Å²) in [6.45, 7) is 6.77. The van der Waals surface area contributed by atoms with Crippen LogP contribution in [-0.4, -0.2) is 39.5 Å². The van der Waals surface area contributed by atoms with Crippen molar-refractivity contribution in [3.05, 3.63) is 94.7 Å². The molecule has 234 valence electrons. The summed E-state index contributed by atoms with van der Waals surface area (Å²) in [6, 6.07) is 26.7. The maximum absolute atomic E-state index is 11.2. The number of amidine groups is 1. The van der Waals surface area contributed by atoms with Crippen molar-refractivity contribution in [2.45, 2.75) is 33.3 Å². The van der Waals surface area contributed by atoms with E-state index in [1.807, 2.05) is 92.7 Å². The molecule has 0 spiro atoms. The van der Waals surface area contributed by atoms with E-state index in [1.165, 1.54) is 13.8 Å². The van der Waals surface area contributed by atoms with Gasteiger partial charge < -0.3 is 26.5 Å². The summed E-state index contributed by atoms with van der Waals surface area (Å²) < 4.78 is 5.95.